The van der Waals surface area contributed by atoms with E-state index in [-0.39, 0.29) is 18.6 Å². The standard InChI is InChI=1S/C18H19NO4/c1-22-14-9-19-13(10-20)16-15(14)18(21)8-7-12(17(18)23-16)11-5-3-2-4-6-11/h2-6,9,12,17,20-21H,7-8,10H2,1H3. The first-order chi connectivity index (χ1) is 11.2. The molecule has 23 heavy (non-hydrogen) atoms. The summed E-state index contributed by atoms with van der Waals surface area (Å²) < 4.78 is 11.5. The first-order valence-electron chi connectivity index (χ1n) is 7.80. The molecule has 5 nitrogen and oxygen atoms in total. The van der Waals surface area contributed by atoms with Gasteiger partial charge in [0.05, 0.1) is 25.5 Å². The maximum absolute atomic E-state index is 11.3. The largest absolute Gasteiger partial charge is 0.495 e. The molecule has 2 N–H and O–H groups in total. The van der Waals surface area contributed by atoms with Gasteiger partial charge in [0.2, 0.25) is 0 Å². The first kappa shape index (κ1) is 14.5. The van der Waals surface area contributed by atoms with Gasteiger partial charge in [0.25, 0.3) is 0 Å². The number of fused-ring (bicyclic) bond motifs is 3. The summed E-state index contributed by atoms with van der Waals surface area (Å²) in [7, 11) is 1.55. The van der Waals surface area contributed by atoms with E-state index >= 15 is 0 Å². The van der Waals surface area contributed by atoms with Crippen molar-refractivity contribution in [2.24, 2.45) is 0 Å². The van der Waals surface area contributed by atoms with E-state index in [2.05, 4.69) is 17.1 Å². The van der Waals surface area contributed by atoms with Crippen molar-refractivity contribution in [1.82, 2.24) is 4.98 Å². The number of hydrogen-bond donors (Lipinski definition) is 2. The fourth-order valence-electron chi connectivity index (χ4n) is 3.94. The van der Waals surface area contributed by atoms with Gasteiger partial charge in [0.1, 0.15) is 23.1 Å². The molecule has 0 amide bonds. The number of aromatic nitrogens is 1. The maximum Gasteiger partial charge on any atom is 0.153 e. The van der Waals surface area contributed by atoms with Crippen molar-refractivity contribution in [2.45, 2.75) is 37.1 Å². The lowest BCUT2D eigenvalue weighted by Gasteiger charge is -2.25. The number of nitrogens with zero attached hydrogens (tertiary/aromatic N) is 1. The topological polar surface area (TPSA) is 71.8 Å². The zero-order valence-electron chi connectivity index (χ0n) is 12.9. The number of methoxy groups -OCH3 is 1. The lowest BCUT2D eigenvalue weighted by molar-refractivity contribution is -0.0232. The highest BCUT2D eigenvalue weighted by Gasteiger charge is 2.58. The summed E-state index contributed by atoms with van der Waals surface area (Å²) in [6, 6.07) is 10.1. The summed E-state index contributed by atoms with van der Waals surface area (Å²) in [4.78, 5) is 4.18. The van der Waals surface area contributed by atoms with E-state index in [1.165, 1.54) is 0 Å². The number of aliphatic hydroxyl groups is 2. The maximum atomic E-state index is 11.3. The van der Waals surface area contributed by atoms with Gasteiger partial charge in [-0.1, -0.05) is 30.3 Å². The van der Waals surface area contributed by atoms with Gasteiger partial charge in [-0.15, -0.1) is 0 Å². The minimum absolute atomic E-state index is 0.102. The molecule has 3 unspecified atom stereocenters. The molecular formula is C18H19NO4. The minimum atomic E-state index is -1.10. The third-order valence-corrected chi connectivity index (χ3v) is 5.02. The summed E-state index contributed by atoms with van der Waals surface area (Å²) in [5.41, 5.74) is 1.12. The van der Waals surface area contributed by atoms with Crippen LogP contribution in [0.3, 0.4) is 0 Å². The predicted molar refractivity (Wildman–Crippen MR) is 83.4 cm³/mol. The highest BCUT2D eigenvalue weighted by molar-refractivity contribution is 5.55. The zero-order chi connectivity index (χ0) is 16.0. The second kappa shape index (κ2) is 5.22. The average molecular weight is 313 g/mol. The Balaban J connectivity index is 1.82. The normalized spacial score (nSPS) is 28.1. The van der Waals surface area contributed by atoms with Gasteiger partial charge < -0.3 is 19.7 Å². The van der Waals surface area contributed by atoms with Crippen LogP contribution < -0.4 is 9.47 Å². The lowest BCUT2D eigenvalue weighted by atomic mass is 9.88. The molecule has 1 aliphatic heterocycles. The van der Waals surface area contributed by atoms with Gasteiger partial charge in [-0.2, -0.15) is 0 Å². The highest BCUT2D eigenvalue weighted by atomic mass is 16.5. The highest BCUT2D eigenvalue weighted by Crippen LogP contribution is 2.58. The van der Waals surface area contributed by atoms with Crippen LogP contribution in [0.25, 0.3) is 0 Å². The Hall–Kier alpha value is -2.11. The van der Waals surface area contributed by atoms with Crippen LogP contribution in [0, 0.1) is 0 Å². The molecule has 1 aromatic carbocycles. The van der Waals surface area contributed by atoms with E-state index in [4.69, 9.17) is 9.47 Å². The van der Waals surface area contributed by atoms with E-state index in [0.29, 0.717) is 29.2 Å². The van der Waals surface area contributed by atoms with Crippen LogP contribution >= 0.6 is 0 Å². The summed E-state index contributed by atoms with van der Waals surface area (Å²) in [5.74, 6) is 1.08. The van der Waals surface area contributed by atoms with Gasteiger partial charge >= 0.3 is 0 Å². The first-order valence-corrected chi connectivity index (χ1v) is 7.80. The fourth-order valence-corrected chi connectivity index (χ4v) is 3.94. The molecule has 120 valence electrons. The Morgan fingerprint density at radius 3 is 2.83 bits per heavy atom. The van der Waals surface area contributed by atoms with Crippen molar-refractivity contribution in [2.75, 3.05) is 7.11 Å². The molecule has 2 aliphatic rings. The summed E-state index contributed by atoms with van der Waals surface area (Å²) in [6.07, 6.45) is 2.59. The molecule has 0 radical (unpaired) electrons. The van der Waals surface area contributed by atoms with Crippen LogP contribution in [-0.4, -0.2) is 28.4 Å². The Morgan fingerprint density at radius 2 is 2.13 bits per heavy atom. The van der Waals surface area contributed by atoms with Crippen molar-refractivity contribution in [3.05, 3.63) is 53.3 Å². The van der Waals surface area contributed by atoms with E-state index in [1.54, 1.807) is 13.3 Å². The molecule has 3 atom stereocenters. The fraction of sp³-hybridized carbons (Fsp3) is 0.389. The van der Waals surface area contributed by atoms with Crippen molar-refractivity contribution in [1.29, 1.82) is 0 Å². The van der Waals surface area contributed by atoms with Gasteiger partial charge in [0, 0.05) is 5.92 Å². The van der Waals surface area contributed by atoms with E-state index in [1.807, 2.05) is 18.2 Å². The van der Waals surface area contributed by atoms with E-state index in [9.17, 15) is 10.2 Å². The molecule has 4 rings (SSSR count). The van der Waals surface area contributed by atoms with Crippen LogP contribution in [0.4, 0.5) is 0 Å². The summed E-state index contributed by atoms with van der Waals surface area (Å²) in [6.45, 7) is -0.231. The zero-order valence-corrected chi connectivity index (χ0v) is 12.9. The molecule has 0 saturated heterocycles. The Morgan fingerprint density at radius 1 is 1.35 bits per heavy atom. The molecule has 1 aromatic heterocycles. The van der Waals surface area contributed by atoms with Crippen LogP contribution in [0.15, 0.2) is 36.5 Å². The van der Waals surface area contributed by atoms with Crippen molar-refractivity contribution in [3.63, 3.8) is 0 Å². The van der Waals surface area contributed by atoms with Gasteiger partial charge in [-0.25, -0.2) is 0 Å². The number of benzene rings is 1. The van der Waals surface area contributed by atoms with E-state index < -0.39 is 5.60 Å². The second-order valence-electron chi connectivity index (χ2n) is 6.15. The number of rotatable bonds is 3. The van der Waals surface area contributed by atoms with Gasteiger partial charge in [-0.05, 0) is 18.4 Å². The predicted octanol–water partition coefficient (Wildman–Crippen LogP) is 2.11. The summed E-state index contributed by atoms with van der Waals surface area (Å²) >= 11 is 0. The van der Waals surface area contributed by atoms with Crippen LogP contribution in [0.5, 0.6) is 11.5 Å². The lowest BCUT2D eigenvalue weighted by Crippen LogP contribution is -2.35. The number of pyridine rings is 1. The molecular weight excluding hydrogens is 294 g/mol. The molecule has 2 heterocycles. The van der Waals surface area contributed by atoms with Crippen molar-refractivity contribution >= 4 is 0 Å². The van der Waals surface area contributed by atoms with Gasteiger partial charge in [-0.3, -0.25) is 4.98 Å². The summed E-state index contributed by atoms with van der Waals surface area (Å²) in [5, 5.41) is 20.9. The molecule has 0 bridgehead atoms. The van der Waals surface area contributed by atoms with Crippen molar-refractivity contribution < 1.29 is 19.7 Å². The molecule has 5 heteroatoms. The van der Waals surface area contributed by atoms with Crippen LogP contribution in [0.1, 0.15) is 35.6 Å². The van der Waals surface area contributed by atoms with E-state index in [0.717, 1.165) is 12.0 Å². The second-order valence-corrected chi connectivity index (χ2v) is 6.15. The van der Waals surface area contributed by atoms with Crippen LogP contribution in [-0.2, 0) is 12.2 Å². The Bertz CT molecular complexity index is 733. The number of hydrogen-bond acceptors (Lipinski definition) is 5. The van der Waals surface area contributed by atoms with Gasteiger partial charge in [0.15, 0.2) is 5.75 Å². The molecule has 0 spiro atoms. The average Bonchev–Trinajstić information content (AvgIpc) is 3.07. The number of ether oxygens (including phenoxy) is 2. The molecule has 1 fully saturated rings. The third kappa shape index (κ3) is 1.97. The Labute approximate surface area is 134 Å². The minimum Gasteiger partial charge on any atom is -0.495 e. The molecule has 1 aliphatic carbocycles. The molecule has 2 aromatic rings. The Kier molecular flexibility index (Phi) is 3.28. The SMILES string of the molecule is COc1cnc(CO)c2c1C1(O)CCC(c3ccccc3)C1O2. The molecule has 1 saturated carbocycles. The smallest absolute Gasteiger partial charge is 0.153 e. The number of aliphatic hydroxyl groups excluding tert-OH is 1. The third-order valence-electron chi connectivity index (χ3n) is 5.02. The monoisotopic (exact) mass is 313 g/mol. The quantitative estimate of drug-likeness (QED) is 0.908. The van der Waals surface area contributed by atoms with Crippen LogP contribution in [0.2, 0.25) is 0 Å². The van der Waals surface area contributed by atoms with Crippen molar-refractivity contribution in [3.8, 4) is 11.5 Å².